The summed E-state index contributed by atoms with van der Waals surface area (Å²) in [5.41, 5.74) is 2.67. The number of fused-ring (bicyclic) bond motifs is 1. The first-order chi connectivity index (χ1) is 9.65. The number of amides is 1. The molecule has 0 spiro atoms. The first-order valence-electron chi connectivity index (χ1n) is 6.15. The van der Waals surface area contributed by atoms with E-state index in [0.717, 1.165) is 17.1 Å². The average Bonchev–Trinajstić information content (AvgIpc) is 2.46. The van der Waals surface area contributed by atoms with Crippen LogP contribution in [0.1, 0.15) is 10.4 Å². The molecule has 0 saturated heterocycles. The van der Waals surface area contributed by atoms with Crippen LogP contribution < -0.4 is 10.2 Å². The highest BCUT2D eigenvalue weighted by Gasteiger charge is 2.22. The molecule has 0 bridgehead atoms. The predicted molar refractivity (Wildman–Crippen MR) is 75.5 cm³/mol. The normalized spacial score (nSPS) is 13.6. The van der Waals surface area contributed by atoms with E-state index in [9.17, 15) is 9.59 Å². The molecule has 0 aliphatic carbocycles. The first-order valence-corrected chi connectivity index (χ1v) is 6.15. The summed E-state index contributed by atoms with van der Waals surface area (Å²) in [6.07, 6.45) is 0. The molecular weight excluding hydrogens is 256 g/mol. The fourth-order valence-electron chi connectivity index (χ4n) is 2.25. The Labute approximate surface area is 115 Å². The lowest BCUT2D eigenvalue weighted by atomic mass is 10.1. The Morgan fingerprint density at radius 1 is 1.10 bits per heavy atom. The monoisotopic (exact) mass is 268 g/mol. The van der Waals surface area contributed by atoms with Crippen molar-refractivity contribution in [3.05, 3.63) is 54.1 Å². The largest absolute Gasteiger partial charge is 0.478 e. The molecule has 5 heteroatoms. The molecule has 2 aromatic rings. The van der Waals surface area contributed by atoms with E-state index in [4.69, 9.17) is 5.11 Å². The second-order valence-electron chi connectivity index (χ2n) is 4.50. The average molecular weight is 268 g/mol. The van der Waals surface area contributed by atoms with Crippen molar-refractivity contribution in [1.29, 1.82) is 0 Å². The van der Waals surface area contributed by atoms with E-state index in [2.05, 4.69) is 5.32 Å². The van der Waals surface area contributed by atoms with Crippen molar-refractivity contribution in [2.75, 3.05) is 16.8 Å². The lowest BCUT2D eigenvalue weighted by Gasteiger charge is -2.30. The third-order valence-corrected chi connectivity index (χ3v) is 3.20. The predicted octanol–water partition coefficient (Wildman–Crippen LogP) is 2.48. The highest BCUT2D eigenvalue weighted by Crippen LogP contribution is 2.34. The molecule has 2 N–H and O–H groups in total. The van der Waals surface area contributed by atoms with Gasteiger partial charge in [0.2, 0.25) is 5.91 Å². The van der Waals surface area contributed by atoms with Crippen molar-refractivity contribution in [1.82, 2.24) is 0 Å². The van der Waals surface area contributed by atoms with Crippen LogP contribution in [0.2, 0.25) is 0 Å². The topological polar surface area (TPSA) is 69.6 Å². The van der Waals surface area contributed by atoms with Crippen LogP contribution in [0.25, 0.3) is 0 Å². The van der Waals surface area contributed by atoms with Crippen LogP contribution in [0.15, 0.2) is 48.5 Å². The Morgan fingerprint density at radius 2 is 1.80 bits per heavy atom. The van der Waals surface area contributed by atoms with Gasteiger partial charge in [0.1, 0.15) is 6.54 Å². The van der Waals surface area contributed by atoms with E-state index in [1.807, 2.05) is 29.2 Å². The summed E-state index contributed by atoms with van der Waals surface area (Å²) in [6.45, 7) is 0.212. The van der Waals surface area contributed by atoms with Crippen LogP contribution in [0.5, 0.6) is 0 Å². The Bertz CT molecular complexity index is 680. The molecule has 20 heavy (non-hydrogen) atoms. The van der Waals surface area contributed by atoms with Gasteiger partial charge in [-0.2, -0.15) is 0 Å². The smallest absolute Gasteiger partial charge is 0.335 e. The van der Waals surface area contributed by atoms with Crippen molar-refractivity contribution in [3.8, 4) is 0 Å². The fraction of sp³-hybridized carbons (Fsp3) is 0.0667. The van der Waals surface area contributed by atoms with Gasteiger partial charge in [0, 0.05) is 5.69 Å². The van der Waals surface area contributed by atoms with Gasteiger partial charge in [0.05, 0.1) is 16.9 Å². The SMILES string of the molecule is O=C1CN(c2ccc(C(=O)O)cc2)c2ccccc2N1. The number of carboxylic acid groups (broad SMARTS) is 1. The summed E-state index contributed by atoms with van der Waals surface area (Å²) in [7, 11) is 0. The van der Waals surface area contributed by atoms with Gasteiger partial charge in [0.15, 0.2) is 0 Å². The van der Waals surface area contributed by atoms with Crippen molar-refractivity contribution in [3.63, 3.8) is 0 Å². The van der Waals surface area contributed by atoms with Crippen LogP contribution in [0.3, 0.4) is 0 Å². The second kappa shape index (κ2) is 4.70. The number of hydrogen-bond donors (Lipinski definition) is 2. The van der Waals surface area contributed by atoms with E-state index >= 15 is 0 Å². The summed E-state index contributed by atoms with van der Waals surface area (Å²) >= 11 is 0. The number of rotatable bonds is 2. The van der Waals surface area contributed by atoms with Crippen LogP contribution in [0, 0.1) is 0 Å². The molecule has 100 valence electrons. The number of aromatic carboxylic acids is 1. The maximum Gasteiger partial charge on any atom is 0.335 e. The maximum absolute atomic E-state index is 11.7. The Hall–Kier alpha value is -2.82. The van der Waals surface area contributed by atoms with Crippen molar-refractivity contribution >= 4 is 28.9 Å². The number of para-hydroxylation sites is 2. The maximum atomic E-state index is 11.7. The van der Waals surface area contributed by atoms with Crippen molar-refractivity contribution in [2.45, 2.75) is 0 Å². The molecule has 0 radical (unpaired) electrons. The minimum Gasteiger partial charge on any atom is -0.478 e. The fourth-order valence-corrected chi connectivity index (χ4v) is 2.25. The number of carboxylic acids is 1. The number of nitrogens with zero attached hydrogens (tertiary/aromatic N) is 1. The quantitative estimate of drug-likeness (QED) is 0.877. The van der Waals surface area contributed by atoms with E-state index in [-0.39, 0.29) is 18.0 Å². The standard InChI is InChI=1S/C15H12N2O3/c18-14-9-17(13-4-2-1-3-12(13)16-14)11-7-5-10(6-8-11)15(19)20/h1-8H,9H2,(H,16,18)(H,19,20). The van der Waals surface area contributed by atoms with E-state index in [1.165, 1.54) is 12.1 Å². The molecule has 5 nitrogen and oxygen atoms in total. The minimum atomic E-state index is -0.965. The molecule has 1 aliphatic rings. The van der Waals surface area contributed by atoms with Crippen LogP contribution in [0.4, 0.5) is 17.1 Å². The van der Waals surface area contributed by atoms with Gasteiger partial charge in [0.25, 0.3) is 0 Å². The van der Waals surface area contributed by atoms with Crippen molar-refractivity contribution in [2.24, 2.45) is 0 Å². The Kier molecular flexibility index (Phi) is 2.87. The molecule has 0 fully saturated rings. The minimum absolute atomic E-state index is 0.0917. The summed E-state index contributed by atoms with van der Waals surface area (Å²) in [5.74, 6) is -1.06. The zero-order valence-corrected chi connectivity index (χ0v) is 10.5. The molecule has 1 heterocycles. The molecule has 3 rings (SSSR count). The Morgan fingerprint density at radius 3 is 2.50 bits per heavy atom. The van der Waals surface area contributed by atoms with Gasteiger partial charge < -0.3 is 15.3 Å². The lowest BCUT2D eigenvalue weighted by Crippen LogP contribution is -2.34. The highest BCUT2D eigenvalue weighted by atomic mass is 16.4. The van der Waals surface area contributed by atoms with Crippen LogP contribution in [-0.2, 0) is 4.79 Å². The molecule has 0 aromatic heterocycles. The van der Waals surface area contributed by atoms with E-state index in [1.54, 1.807) is 12.1 Å². The van der Waals surface area contributed by atoms with E-state index in [0.29, 0.717) is 0 Å². The van der Waals surface area contributed by atoms with Gasteiger partial charge in [-0.05, 0) is 36.4 Å². The number of carbonyl (C=O) groups excluding carboxylic acids is 1. The summed E-state index contributed by atoms with van der Waals surface area (Å²) < 4.78 is 0. The number of nitrogens with one attached hydrogen (secondary N) is 1. The summed E-state index contributed by atoms with van der Waals surface area (Å²) in [4.78, 5) is 24.5. The number of anilines is 3. The molecule has 0 saturated carbocycles. The number of carbonyl (C=O) groups is 2. The van der Waals surface area contributed by atoms with Gasteiger partial charge in [-0.1, -0.05) is 12.1 Å². The van der Waals surface area contributed by atoms with Gasteiger partial charge in [-0.25, -0.2) is 4.79 Å². The lowest BCUT2D eigenvalue weighted by molar-refractivity contribution is -0.115. The molecular formula is C15H12N2O3. The van der Waals surface area contributed by atoms with Gasteiger partial charge in [-0.3, -0.25) is 4.79 Å². The zero-order chi connectivity index (χ0) is 14.1. The number of hydrogen-bond acceptors (Lipinski definition) is 3. The zero-order valence-electron chi connectivity index (χ0n) is 10.5. The molecule has 0 unspecified atom stereocenters. The Balaban J connectivity index is 2.01. The molecule has 1 amide bonds. The summed E-state index contributed by atoms with van der Waals surface area (Å²) in [5, 5.41) is 11.7. The first kappa shape index (κ1) is 12.2. The molecule has 0 atom stereocenters. The van der Waals surface area contributed by atoms with Gasteiger partial charge >= 0.3 is 5.97 Å². The van der Waals surface area contributed by atoms with Crippen LogP contribution in [-0.4, -0.2) is 23.5 Å². The van der Waals surface area contributed by atoms with Crippen LogP contribution >= 0.6 is 0 Å². The summed E-state index contributed by atoms with van der Waals surface area (Å²) in [6, 6.07) is 14.0. The third-order valence-electron chi connectivity index (χ3n) is 3.20. The van der Waals surface area contributed by atoms with Gasteiger partial charge in [-0.15, -0.1) is 0 Å². The second-order valence-corrected chi connectivity index (χ2v) is 4.50. The number of benzene rings is 2. The molecule has 1 aliphatic heterocycles. The highest BCUT2D eigenvalue weighted by molar-refractivity contribution is 6.03. The van der Waals surface area contributed by atoms with E-state index < -0.39 is 5.97 Å². The molecule has 2 aromatic carbocycles. The van der Waals surface area contributed by atoms with Crippen molar-refractivity contribution < 1.29 is 14.7 Å². The third kappa shape index (κ3) is 2.09.